The van der Waals surface area contributed by atoms with E-state index in [1.807, 2.05) is 4.90 Å². The van der Waals surface area contributed by atoms with Crippen molar-refractivity contribution in [3.63, 3.8) is 0 Å². The molecule has 240 valence electrons. The SMILES string of the molecule is NC(=O)C1CCCCN1CCOc1ccc(C(=O)NC2C/C(=C\c3ccc(F)c(F)c3)C(=O)/C(=C/c3ccc(F)c(F)c3)C2)cc1. The predicted molar refractivity (Wildman–Crippen MR) is 165 cm³/mol. The molecule has 1 aliphatic carbocycles. The van der Waals surface area contributed by atoms with Crippen molar-refractivity contribution in [2.45, 2.75) is 44.2 Å². The molecule has 3 aromatic carbocycles. The van der Waals surface area contributed by atoms with Crippen molar-refractivity contribution in [2.75, 3.05) is 19.7 Å². The van der Waals surface area contributed by atoms with Gasteiger partial charge in [0.2, 0.25) is 5.91 Å². The normalized spacial score (nSPS) is 20.6. The van der Waals surface area contributed by atoms with E-state index in [-0.39, 0.29) is 47.1 Å². The molecule has 2 aliphatic rings. The van der Waals surface area contributed by atoms with Gasteiger partial charge >= 0.3 is 0 Å². The van der Waals surface area contributed by atoms with Crippen LogP contribution in [0.4, 0.5) is 17.6 Å². The number of halogens is 4. The molecule has 2 fully saturated rings. The molecule has 1 atom stereocenters. The first-order chi connectivity index (χ1) is 22.1. The maximum absolute atomic E-state index is 13.9. The summed E-state index contributed by atoms with van der Waals surface area (Å²) >= 11 is 0. The van der Waals surface area contributed by atoms with Gasteiger partial charge in [-0.15, -0.1) is 0 Å². The molecule has 46 heavy (non-hydrogen) atoms. The van der Waals surface area contributed by atoms with Crippen LogP contribution >= 0.6 is 0 Å². The van der Waals surface area contributed by atoms with Crippen molar-refractivity contribution in [1.29, 1.82) is 0 Å². The number of carbonyl (C=O) groups excluding carboxylic acids is 3. The van der Waals surface area contributed by atoms with Gasteiger partial charge in [-0.1, -0.05) is 18.6 Å². The number of rotatable bonds is 9. The number of hydrogen-bond donors (Lipinski definition) is 2. The first kappa shape index (κ1) is 32.6. The number of primary amides is 1. The number of Topliss-reactive ketones (excluding diaryl/α,β-unsaturated/α-hetero) is 1. The minimum atomic E-state index is -1.08. The zero-order valence-corrected chi connectivity index (χ0v) is 24.9. The van der Waals surface area contributed by atoms with Crippen molar-refractivity contribution in [2.24, 2.45) is 5.73 Å². The zero-order chi connectivity index (χ0) is 32.8. The van der Waals surface area contributed by atoms with E-state index in [9.17, 15) is 31.9 Å². The number of ether oxygens (including phenoxy) is 1. The molecule has 11 heteroatoms. The molecule has 1 saturated heterocycles. The number of hydrogen-bond acceptors (Lipinski definition) is 5. The van der Waals surface area contributed by atoms with Crippen LogP contribution in [-0.4, -0.2) is 54.3 Å². The van der Waals surface area contributed by atoms with E-state index in [4.69, 9.17) is 10.5 Å². The van der Waals surface area contributed by atoms with Gasteiger partial charge < -0.3 is 15.8 Å². The molecule has 0 spiro atoms. The molecule has 1 unspecified atom stereocenters. The van der Waals surface area contributed by atoms with Crippen molar-refractivity contribution in [3.8, 4) is 5.75 Å². The second-order valence-corrected chi connectivity index (χ2v) is 11.4. The van der Waals surface area contributed by atoms with Gasteiger partial charge in [0.15, 0.2) is 29.1 Å². The van der Waals surface area contributed by atoms with Crippen molar-refractivity contribution in [1.82, 2.24) is 10.2 Å². The fraction of sp³-hybridized carbons (Fsp3) is 0.286. The second-order valence-electron chi connectivity index (χ2n) is 11.4. The molecule has 0 bridgehead atoms. The lowest BCUT2D eigenvalue weighted by atomic mass is 9.83. The van der Waals surface area contributed by atoms with Crippen LogP contribution in [0.2, 0.25) is 0 Å². The average Bonchev–Trinajstić information content (AvgIpc) is 3.03. The lowest BCUT2D eigenvalue weighted by Gasteiger charge is -2.33. The maximum atomic E-state index is 13.9. The number of nitrogens with two attached hydrogens (primary N) is 1. The van der Waals surface area contributed by atoms with Crippen LogP contribution in [0.5, 0.6) is 5.75 Å². The van der Waals surface area contributed by atoms with Crippen LogP contribution in [0.1, 0.15) is 53.6 Å². The van der Waals surface area contributed by atoms with Crippen molar-refractivity contribution >= 4 is 29.7 Å². The topological polar surface area (TPSA) is 102 Å². The number of likely N-dealkylation sites (tertiary alicyclic amines) is 1. The van der Waals surface area contributed by atoms with Crippen LogP contribution in [0, 0.1) is 23.3 Å². The largest absolute Gasteiger partial charge is 0.492 e. The summed E-state index contributed by atoms with van der Waals surface area (Å²) in [5, 5.41) is 2.92. The first-order valence-corrected chi connectivity index (χ1v) is 15.0. The number of piperidine rings is 1. The maximum Gasteiger partial charge on any atom is 0.251 e. The van der Waals surface area contributed by atoms with Crippen LogP contribution in [0.15, 0.2) is 71.8 Å². The fourth-order valence-corrected chi connectivity index (χ4v) is 5.79. The van der Waals surface area contributed by atoms with E-state index in [0.717, 1.165) is 50.1 Å². The third-order valence-corrected chi connectivity index (χ3v) is 8.13. The summed E-state index contributed by atoms with van der Waals surface area (Å²) in [5.41, 5.74) is 6.83. The number of benzene rings is 3. The smallest absolute Gasteiger partial charge is 0.251 e. The fourth-order valence-electron chi connectivity index (χ4n) is 5.79. The highest BCUT2D eigenvalue weighted by Crippen LogP contribution is 2.30. The lowest BCUT2D eigenvalue weighted by molar-refractivity contribution is -0.124. The number of carbonyl (C=O) groups is 3. The van der Waals surface area contributed by atoms with Gasteiger partial charge in [0.1, 0.15) is 12.4 Å². The Hall–Kier alpha value is -4.77. The molecule has 7 nitrogen and oxygen atoms in total. The van der Waals surface area contributed by atoms with E-state index in [0.29, 0.717) is 24.5 Å². The predicted octanol–water partition coefficient (Wildman–Crippen LogP) is 5.59. The van der Waals surface area contributed by atoms with E-state index in [2.05, 4.69) is 5.32 Å². The van der Waals surface area contributed by atoms with Gasteiger partial charge in [-0.25, -0.2) is 17.6 Å². The van der Waals surface area contributed by atoms with E-state index < -0.39 is 41.0 Å². The summed E-state index contributed by atoms with van der Waals surface area (Å²) in [6.45, 7) is 1.65. The van der Waals surface area contributed by atoms with Gasteiger partial charge in [0.25, 0.3) is 5.91 Å². The highest BCUT2D eigenvalue weighted by molar-refractivity contribution is 6.14. The number of ketones is 1. The Morgan fingerprint density at radius 3 is 1.98 bits per heavy atom. The highest BCUT2D eigenvalue weighted by atomic mass is 19.2. The Labute approximate surface area is 263 Å². The molecule has 5 rings (SSSR count). The standard InChI is InChI=1S/C35H33F4N3O4/c36-28-10-4-21(17-30(28)38)15-24-19-26(20-25(33(24)43)16-22-5-11-29(37)31(39)18-22)41-35(45)23-6-8-27(9-7-23)46-14-13-42-12-2-1-3-32(42)34(40)44/h4-11,15-18,26,32H,1-3,12-14,19-20H2,(H2,40,44)(H,41,45)/b24-15+,25-16+. The number of amides is 2. The van der Waals surface area contributed by atoms with Crippen LogP contribution in [0.3, 0.4) is 0 Å². The second kappa shape index (κ2) is 14.6. The molecule has 0 aromatic heterocycles. The Bertz CT molecular complexity index is 1620. The molecule has 1 heterocycles. The third-order valence-electron chi connectivity index (χ3n) is 8.13. The van der Waals surface area contributed by atoms with Crippen molar-refractivity contribution in [3.05, 3.63) is 112 Å². The van der Waals surface area contributed by atoms with Crippen LogP contribution in [0.25, 0.3) is 12.2 Å². The molecular weight excluding hydrogens is 602 g/mol. The van der Waals surface area contributed by atoms with Gasteiger partial charge in [-0.05, 0) is 104 Å². The van der Waals surface area contributed by atoms with E-state index in [1.54, 1.807) is 24.3 Å². The van der Waals surface area contributed by atoms with Gasteiger partial charge in [0, 0.05) is 29.3 Å². The summed E-state index contributed by atoms with van der Waals surface area (Å²) in [7, 11) is 0. The molecule has 1 saturated carbocycles. The molecule has 3 N–H and O–H groups in total. The minimum Gasteiger partial charge on any atom is -0.492 e. The summed E-state index contributed by atoms with van der Waals surface area (Å²) in [6.07, 6.45) is 5.73. The molecule has 1 aliphatic heterocycles. The Balaban J connectivity index is 1.28. The van der Waals surface area contributed by atoms with E-state index >= 15 is 0 Å². The quantitative estimate of drug-likeness (QED) is 0.236. The Kier molecular flexibility index (Phi) is 10.3. The summed E-state index contributed by atoms with van der Waals surface area (Å²) in [4.78, 5) is 40.4. The van der Waals surface area contributed by atoms with Crippen LogP contribution in [-0.2, 0) is 9.59 Å². The lowest BCUT2D eigenvalue weighted by Crippen LogP contribution is -2.48. The highest BCUT2D eigenvalue weighted by Gasteiger charge is 2.30. The summed E-state index contributed by atoms with van der Waals surface area (Å²) in [6, 6.07) is 12.1. The Morgan fingerprint density at radius 2 is 1.43 bits per heavy atom. The van der Waals surface area contributed by atoms with E-state index in [1.165, 1.54) is 24.3 Å². The number of nitrogens with zero attached hydrogens (tertiary/aromatic N) is 1. The minimum absolute atomic E-state index is 0.0999. The van der Waals surface area contributed by atoms with Crippen molar-refractivity contribution < 1.29 is 36.7 Å². The number of nitrogens with one attached hydrogen (secondary N) is 1. The zero-order valence-electron chi connectivity index (χ0n) is 24.9. The van der Waals surface area contributed by atoms with Gasteiger partial charge in [-0.3, -0.25) is 19.3 Å². The first-order valence-electron chi connectivity index (χ1n) is 15.0. The Morgan fingerprint density at radius 1 is 0.848 bits per heavy atom. The van der Waals surface area contributed by atoms with Gasteiger partial charge in [0.05, 0.1) is 6.04 Å². The third kappa shape index (κ3) is 8.08. The molecule has 2 amide bonds. The summed E-state index contributed by atoms with van der Waals surface area (Å²) < 4.78 is 60.6. The monoisotopic (exact) mass is 635 g/mol. The summed E-state index contributed by atoms with van der Waals surface area (Å²) in [5.74, 6) is -4.83. The van der Waals surface area contributed by atoms with Gasteiger partial charge in [-0.2, -0.15) is 0 Å². The van der Waals surface area contributed by atoms with Crippen LogP contribution < -0.4 is 15.8 Å². The molecule has 3 aromatic rings. The molecular formula is C35H33F4N3O4. The average molecular weight is 636 g/mol. The molecule has 0 radical (unpaired) electrons.